The largest absolute Gasteiger partial charge is 0.377 e. The van der Waals surface area contributed by atoms with E-state index in [9.17, 15) is 0 Å². The van der Waals surface area contributed by atoms with Crippen LogP contribution < -0.4 is 11.1 Å². The Labute approximate surface area is 97.0 Å². The van der Waals surface area contributed by atoms with Gasteiger partial charge in [-0.2, -0.15) is 0 Å². The molecule has 0 atom stereocenters. The van der Waals surface area contributed by atoms with Crippen molar-refractivity contribution in [3.8, 4) is 0 Å². The van der Waals surface area contributed by atoms with Crippen LogP contribution in [0.25, 0.3) is 0 Å². The standard InChI is InChI=1S/C12H21N3O/c13-12(14-7-10-3-1-4-10)15-8-11-5-2-6-16-9-11/h5,10H,1-4,6-9H2,(H3,13,14,15). The van der Waals surface area contributed by atoms with Crippen molar-refractivity contribution in [3.05, 3.63) is 11.6 Å². The number of guanidine groups is 1. The molecule has 90 valence electrons. The molecule has 1 heterocycles. The van der Waals surface area contributed by atoms with Gasteiger partial charge in [0, 0.05) is 6.54 Å². The minimum atomic E-state index is 0.568. The Balaban J connectivity index is 1.66. The van der Waals surface area contributed by atoms with Crippen molar-refractivity contribution < 1.29 is 4.74 Å². The molecule has 0 amide bonds. The van der Waals surface area contributed by atoms with Crippen molar-refractivity contribution >= 4 is 5.96 Å². The van der Waals surface area contributed by atoms with Crippen LogP contribution in [0, 0.1) is 5.92 Å². The van der Waals surface area contributed by atoms with E-state index in [0.29, 0.717) is 19.1 Å². The van der Waals surface area contributed by atoms with Crippen LogP contribution in [0.1, 0.15) is 25.7 Å². The monoisotopic (exact) mass is 223 g/mol. The second-order valence-electron chi connectivity index (χ2n) is 4.58. The van der Waals surface area contributed by atoms with E-state index in [2.05, 4.69) is 16.4 Å². The zero-order chi connectivity index (χ0) is 11.2. The van der Waals surface area contributed by atoms with Crippen molar-refractivity contribution in [2.45, 2.75) is 25.7 Å². The first-order chi connectivity index (χ1) is 7.84. The molecule has 0 saturated heterocycles. The minimum Gasteiger partial charge on any atom is -0.377 e. The summed E-state index contributed by atoms with van der Waals surface area (Å²) in [5.74, 6) is 1.38. The molecule has 1 fully saturated rings. The Kier molecular flexibility index (Phi) is 4.22. The van der Waals surface area contributed by atoms with Crippen LogP contribution in [0.3, 0.4) is 0 Å². The number of nitrogens with zero attached hydrogens (tertiary/aromatic N) is 1. The molecule has 0 radical (unpaired) electrons. The number of ether oxygens (including phenoxy) is 1. The van der Waals surface area contributed by atoms with Crippen molar-refractivity contribution in [3.63, 3.8) is 0 Å². The lowest BCUT2D eigenvalue weighted by molar-refractivity contribution is 0.150. The average molecular weight is 223 g/mol. The highest BCUT2D eigenvalue weighted by atomic mass is 16.5. The molecular weight excluding hydrogens is 202 g/mol. The molecule has 1 aliphatic carbocycles. The van der Waals surface area contributed by atoms with Crippen molar-refractivity contribution in [2.75, 3.05) is 26.3 Å². The van der Waals surface area contributed by atoms with Crippen molar-refractivity contribution in [1.82, 2.24) is 5.32 Å². The maximum Gasteiger partial charge on any atom is 0.188 e. The number of aliphatic imine (C=N–C) groups is 1. The summed E-state index contributed by atoms with van der Waals surface area (Å²) >= 11 is 0. The number of rotatable bonds is 4. The lowest BCUT2D eigenvalue weighted by Gasteiger charge is -2.25. The van der Waals surface area contributed by atoms with E-state index >= 15 is 0 Å². The molecule has 2 aliphatic rings. The number of nitrogens with two attached hydrogens (primary N) is 1. The van der Waals surface area contributed by atoms with Gasteiger partial charge in [0.15, 0.2) is 5.96 Å². The van der Waals surface area contributed by atoms with Gasteiger partial charge in [0.25, 0.3) is 0 Å². The Morgan fingerprint density at radius 3 is 3.06 bits per heavy atom. The summed E-state index contributed by atoms with van der Waals surface area (Å²) in [5.41, 5.74) is 7.02. The third-order valence-electron chi connectivity index (χ3n) is 3.23. The van der Waals surface area contributed by atoms with Gasteiger partial charge in [-0.25, -0.2) is 4.99 Å². The van der Waals surface area contributed by atoms with E-state index in [1.807, 2.05) is 0 Å². The fourth-order valence-electron chi connectivity index (χ4n) is 1.91. The zero-order valence-corrected chi connectivity index (χ0v) is 9.74. The SMILES string of the molecule is NC(=NCC1=CCCOC1)NCC1CCC1. The first kappa shape index (κ1) is 11.5. The highest BCUT2D eigenvalue weighted by Gasteiger charge is 2.16. The predicted octanol–water partition coefficient (Wildman–Crippen LogP) is 1.04. The molecule has 0 bridgehead atoms. The highest BCUT2D eigenvalue weighted by Crippen LogP contribution is 2.24. The van der Waals surface area contributed by atoms with Gasteiger partial charge in [-0.05, 0) is 30.8 Å². The average Bonchev–Trinajstić information content (AvgIpc) is 2.26. The van der Waals surface area contributed by atoms with E-state index in [4.69, 9.17) is 10.5 Å². The third-order valence-corrected chi connectivity index (χ3v) is 3.23. The lowest BCUT2D eigenvalue weighted by Crippen LogP contribution is -2.37. The summed E-state index contributed by atoms with van der Waals surface area (Å²) < 4.78 is 5.34. The summed E-state index contributed by atoms with van der Waals surface area (Å²) in [7, 11) is 0. The predicted molar refractivity (Wildman–Crippen MR) is 65.4 cm³/mol. The van der Waals surface area contributed by atoms with Crippen molar-refractivity contribution in [2.24, 2.45) is 16.6 Å². The Morgan fingerprint density at radius 1 is 1.56 bits per heavy atom. The Bertz CT molecular complexity index is 282. The van der Waals surface area contributed by atoms with Crippen LogP contribution >= 0.6 is 0 Å². The van der Waals surface area contributed by atoms with E-state index in [-0.39, 0.29) is 0 Å². The minimum absolute atomic E-state index is 0.568. The Morgan fingerprint density at radius 2 is 2.44 bits per heavy atom. The second kappa shape index (κ2) is 5.89. The van der Waals surface area contributed by atoms with Crippen LogP contribution in [0.5, 0.6) is 0 Å². The van der Waals surface area contributed by atoms with Gasteiger partial charge in [0.2, 0.25) is 0 Å². The van der Waals surface area contributed by atoms with Gasteiger partial charge in [-0.1, -0.05) is 12.5 Å². The normalized spacial score (nSPS) is 22.5. The highest BCUT2D eigenvalue weighted by molar-refractivity contribution is 5.77. The molecule has 0 unspecified atom stereocenters. The molecule has 4 heteroatoms. The van der Waals surface area contributed by atoms with E-state index in [0.717, 1.165) is 25.5 Å². The molecule has 2 rings (SSSR count). The lowest BCUT2D eigenvalue weighted by atomic mass is 9.85. The topological polar surface area (TPSA) is 59.6 Å². The van der Waals surface area contributed by atoms with E-state index in [1.165, 1.54) is 24.8 Å². The van der Waals surface area contributed by atoms with Crippen molar-refractivity contribution in [1.29, 1.82) is 0 Å². The summed E-state index contributed by atoms with van der Waals surface area (Å²) in [5, 5.41) is 3.18. The van der Waals surface area contributed by atoms with Gasteiger partial charge in [-0.3, -0.25) is 0 Å². The molecule has 4 nitrogen and oxygen atoms in total. The molecule has 0 aromatic rings. The fourth-order valence-corrected chi connectivity index (χ4v) is 1.91. The van der Waals surface area contributed by atoms with Crippen LogP contribution in [0.4, 0.5) is 0 Å². The maximum absolute atomic E-state index is 5.79. The smallest absolute Gasteiger partial charge is 0.188 e. The fraction of sp³-hybridized carbons (Fsp3) is 0.750. The molecule has 1 saturated carbocycles. The molecule has 1 aliphatic heterocycles. The first-order valence-corrected chi connectivity index (χ1v) is 6.14. The summed E-state index contributed by atoms with van der Waals surface area (Å²) in [6.45, 7) is 3.19. The van der Waals surface area contributed by atoms with E-state index in [1.54, 1.807) is 0 Å². The zero-order valence-electron chi connectivity index (χ0n) is 9.74. The van der Waals surface area contributed by atoms with E-state index < -0.39 is 0 Å². The Hall–Kier alpha value is -1.03. The molecule has 0 aromatic heterocycles. The quantitative estimate of drug-likeness (QED) is 0.425. The van der Waals surface area contributed by atoms with Gasteiger partial charge in [0.1, 0.15) is 0 Å². The van der Waals surface area contributed by atoms with Crippen LogP contribution in [0.2, 0.25) is 0 Å². The van der Waals surface area contributed by atoms with Gasteiger partial charge >= 0.3 is 0 Å². The van der Waals surface area contributed by atoms with Crippen LogP contribution in [-0.4, -0.2) is 32.3 Å². The molecule has 0 spiro atoms. The van der Waals surface area contributed by atoms with Gasteiger partial charge in [0.05, 0.1) is 19.8 Å². The maximum atomic E-state index is 5.79. The number of hydrogen-bond acceptors (Lipinski definition) is 2. The summed E-state index contributed by atoms with van der Waals surface area (Å²) in [4.78, 5) is 4.31. The molecular formula is C12H21N3O. The first-order valence-electron chi connectivity index (χ1n) is 6.14. The van der Waals surface area contributed by atoms with Gasteiger partial charge in [-0.15, -0.1) is 0 Å². The summed E-state index contributed by atoms with van der Waals surface area (Å²) in [6.07, 6.45) is 7.23. The molecule has 3 N–H and O–H groups in total. The molecule has 0 aromatic carbocycles. The number of nitrogens with one attached hydrogen (secondary N) is 1. The van der Waals surface area contributed by atoms with Crippen LogP contribution in [-0.2, 0) is 4.74 Å². The van der Waals surface area contributed by atoms with Gasteiger partial charge < -0.3 is 15.8 Å². The molecule has 16 heavy (non-hydrogen) atoms. The van der Waals surface area contributed by atoms with Crippen LogP contribution in [0.15, 0.2) is 16.6 Å². The second-order valence-corrected chi connectivity index (χ2v) is 4.58. The number of hydrogen-bond donors (Lipinski definition) is 2. The summed E-state index contributed by atoms with van der Waals surface area (Å²) in [6, 6.07) is 0. The third kappa shape index (κ3) is 3.52.